The molecule has 0 radical (unpaired) electrons. The van der Waals surface area contributed by atoms with Crippen LogP contribution < -0.4 is 10.2 Å². The first-order valence-corrected chi connectivity index (χ1v) is 11.2. The molecule has 8 heteroatoms. The van der Waals surface area contributed by atoms with Crippen molar-refractivity contribution in [2.75, 3.05) is 18.1 Å². The molecular weight excluding hydrogens is 451 g/mol. The molecule has 0 spiro atoms. The van der Waals surface area contributed by atoms with E-state index in [0.29, 0.717) is 30.3 Å². The molecule has 1 aliphatic heterocycles. The van der Waals surface area contributed by atoms with Crippen LogP contribution in [0.3, 0.4) is 0 Å². The van der Waals surface area contributed by atoms with Crippen molar-refractivity contribution in [2.24, 2.45) is 0 Å². The van der Waals surface area contributed by atoms with Crippen LogP contribution >= 0.6 is 0 Å². The van der Waals surface area contributed by atoms with Gasteiger partial charge in [0.15, 0.2) is 0 Å². The Labute approximate surface area is 202 Å². The Morgan fingerprint density at radius 2 is 1.63 bits per heavy atom. The molecule has 180 valence electrons. The summed E-state index contributed by atoms with van der Waals surface area (Å²) in [5.74, 6) is -3.84. The lowest BCUT2D eigenvalue weighted by Crippen LogP contribution is -2.51. The van der Waals surface area contributed by atoms with Gasteiger partial charge >= 0.3 is 5.97 Å². The molecule has 7 nitrogen and oxygen atoms in total. The maximum Gasteiger partial charge on any atom is 0.351 e. The molecule has 1 heterocycles. The van der Waals surface area contributed by atoms with Crippen LogP contribution in [0.5, 0.6) is 0 Å². The zero-order chi connectivity index (χ0) is 25.0. The molecule has 1 aliphatic rings. The summed E-state index contributed by atoms with van der Waals surface area (Å²) < 4.78 is 20.4. The van der Waals surface area contributed by atoms with Gasteiger partial charge in [-0.1, -0.05) is 72.8 Å². The van der Waals surface area contributed by atoms with Gasteiger partial charge in [0.2, 0.25) is 0 Å². The Balaban J connectivity index is 1.65. The monoisotopic (exact) mass is 476 g/mol. The van der Waals surface area contributed by atoms with Crippen molar-refractivity contribution < 1.29 is 28.6 Å². The first-order chi connectivity index (χ1) is 16.8. The molecule has 3 aromatic carbocycles. The predicted octanol–water partition coefficient (Wildman–Crippen LogP) is 3.89. The van der Waals surface area contributed by atoms with E-state index < -0.39 is 29.5 Å². The second-order valence-corrected chi connectivity index (χ2v) is 8.35. The van der Waals surface area contributed by atoms with Gasteiger partial charge < -0.3 is 20.1 Å². The number of para-hydroxylation sites is 1. The molecule has 3 aromatic rings. The molecule has 2 atom stereocenters. The number of nitrogens with zero attached hydrogens (tertiary/aromatic N) is 1. The number of rotatable bonds is 8. The van der Waals surface area contributed by atoms with E-state index in [9.17, 15) is 18.8 Å². The number of nitrogens with one attached hydrogen (secondary N) is 1. The third-order valence-electron chi connectivity index (χ3n) is 5.94. The molecule has 0 saturated carbocycles. The topological polar surface area (TPSA) is 95.9 Å². The molecule has 2 N–H and O–H groups in total. The number of ether oxygens (including phenoxy) is 1. The molecular formula is C27H25FN2O5. The number of halogens is 1. The van der Waals surface area contributed by atoms with Gasteiger partial charge in [-0.25, -0.2) is 9.18 Å². The van der Waals surface area contributed by atoms with E-state index in [0.717, 1.165) is 11.1 Å². The minimum Gasteiger partial charge on any atom is -0.478 e. The van der Waals surface area contributed by atoms with Gasteiger partial charge in [0.1, 0.15) is 6.04 Å². The molecule has 0 fully saturated rings. The van der Waals surface area contributed by atoms with E-state index in [1.54, 1.807) is 30.3 Å². The highest BCUT2D eigenvalue weighted by atomic mass is 19.1. The lowest BCUT2D eigenvalue weighted by molar-refractivity contribution is -0.157. The number of amides is 2. The third-order valence-corrected chi connectivity index (χ3v) is 5.94. The minimum absolute atomic E-state index is 0.175. The number of carboxylic acids is 1. The molecule has 0 bridgehead atoms. The van der Waals surface area contributed by atoms with E-state index in [2.05, 4.69) is 5.32 Å². The van der Waals surface area contributed by atoms with Crippen LogP contribution in [0.2, 0.25) is 0 Å². The van der Waals surface area contributed by atoms with Crippen LogP contribution in [-0.2, 0) is 25.7 Å². The zero-order valence-electron chi connectivity index (χ0n) is 19.1. The quantitative estimate of drug-likeness (QED) is 0.380. The van der Waals surface area contributed by atoms with Gasteiger partial charge in [-0.15, -0.1) is 0 Å². The second-order valence-electron chi connectivity index (χ2n) is 8.35. The number of anilines is 1. The predicted molar refractivity (Wildman–Crippen MR) is 128 cm³/mol. The van der Waals surface area contributed by atoms with Crippen molar-refractivity contribution in [3.63, 3.8) is 0 Å². The van der Waals surface area contributed by atoms with Gasteiger partial charge in [-0.3, -0.25) is 9.59 Å². The molecule has 0 aliphatic carbocycles. The molecule has 0 saturated heterocycles. The van der Waals surface area contributed by atoms with Crippen molar-refractivity contribution in [1.29, 1.82) is 0 Å². The molecule has 0 aromatic heterocycles. The minimum atomic E-state index is -3.20. The zero-order valence-corrected chi connectivity index (χ0v) is 19.1. The third kappa shape index (κ3) is 4.93. The van der Waals surface area contributed by atoms with Crippen molar-refractivity contribution in [1.82, 2.24) is 5.32 Å². The van der Waals surface area contributed by atoms with Crippen LogP contribution in [0.4, 0.5) is 10.1 Å². The maximum absolute atomic E-state index is 14.6. The Morgan fingerprint density at radius 3 is 2.34 bits per heavy atom. The number of carbonyl (C=O) groups excluding carboxylic acids is 2. The number of carboxylic acid groups (broad SMARTS) is 1. The van der Waals surface area contributed by atoms with Gasteiger partial charge in [0.05, 0.1) is 18.9 Å². The number of carbonyl (C=O) groups is 3. The Morgan fingerprint density at radius 1 is 1.00 bits per heavy atom. The summed E-state index contributed by atoms with van der Waals surface area (Å²) in [6, 6.07) is 22.6. The van der Waals surface area contributed by atoms with Crippen LogP contribution in [-0.4, -0.2) is 41.7 Å². The van der Waals surface area contributed by atoms with E-state index in [1.165, 1.54) is 4.90 Å². The summed E-state index contributed by atoms with van der Waals surface area (Å²) >= 11 is 0. The van der Waals surface area contributed by atoms with E-state index in [-0.39, 0.29) is 13.2 Å². The number of aliphatic carboxylic acids is 1. The van der Waals surface area contributed by atoms with Gasteiger partial charge in [0, 0.05) is 12.1 Å². The Kier molecular flexibility index (Phi) is 6.93. The fraction of sp³-hybridized carbons (Fsp3) is 0.222. The van der Waals surface area contributed by atoms with Crippen molar-refractivity contribution in [3.8, 4) is 11.1 Å². The van der Waals surface area contributed by atoms with Crippen molar-refractivity contribution in [3.05, 3.63) is 90.0 Å². The van der Waals surface area contributed by atoms with E-state index in [4.69, 9.17) is 9.84 Å². The first kappa shape index (κ1) is 24.1. The number of alkyl halides is 1. The highest BCUT2D eigenvalue weighted by Gasteiger charge is 2.45. The Hall–Kier alpha value is -4.04. The second kappa shape index (κ2) is 10.1. The molecule has 1 unspecified atom stereocenters. The maximum atomic E-state index is 14.6. The van der Waals surface area contributed by atoms with Crippen molar-refractivity contribution >= 4 is 23.5 Å². The fourth-order valence-electron chi connectivity index (χ4n) is 3.99. The summed E-state index contributed by atoms with van der Waals surface area (Å²) in [5, 5.41) is 11.5. The average Bonchev–Trinajstić information content (AvgIpc) is 2.96. The Bertz CT molecular complexity index is 1250. The number of hydrogen-bond acceptors (Lipinski definition) is 4. The standard InChI is InChI=1S/C27H25FN2O5/c1-27(28,26(33)34)25(32)29-23-21-13-6-5-11-19(21)20-12-7-8-14-22(20)30(24(23)31)15-16-35-17-18-9-3-2-4-10-18/h2-14,23H,15-17H2,1H3,(H,29,32)(H,33,34)/t23?,27-/m0/s1. The van der Waals surface area contributed by atoms with Crippen LogP contribution in [0.15, 0.2) is 78.9 Å². The lowest BCUT2D eigenvalue weighted by atomic mass is 9.95. The number of fused-ring (bicyclic) bond motifs is 3. The van der Waals surface area contributed by atoms with Crippen LogP contribution in [0, 0.1) is 0 Å². The highest BCUT2D eigenvalue weighted by molar-refractivity contribution is 6.10. The van der Waals surface area contributed by atoms with Crippen LogP contribution in [0.1, 0.15) is 24.1 Å². The van der Waals surface area contributed by atoms with Gasteiger partial charge in [-0.05, 0) is 29.7 Å². The normalized spacial score (nSPS) is 16.5. The highest BCUT2D eigenvalue weighted by Crippen LogP contribution is 2.40. The smallest absolute Gasteiger partial charge is 0.351 e. The van der Waals surface area contributed by atoms with Crippen molar-refractivity contribution in [2.45, 2.75) is 25.2 Å². The average molecular weight is 477 g/mol. The first-order valence-electron chi connectivity index (χ1n) is 11.2. The fourth-order valence-corrected chi connectivity index (χ4v) is 3.99. The summed E-state index contributed by atoms with van der Waals surface area (Å²) in [4.78, 5) is 39.1. The van der Waals surface area contributed by atoms with E-state index in [1.807, 2.05) is 48.5 Å². The van der Waals surface area contributed by atoms with Crippen LogP contribution in [0.25, 0.3) is 11.1 Å². The summed E-state index contributed by atoms with van der Waals surface area (Å²) in [6.07, 6.45) is 0. The lowest BCUT2D eigenvalue weighted by Gasteiger charge is -2.27. The largest absolute Gasteiger partial charge is 0.478 e. The number of benzene rings is 3. The van der Waals surface area contributed by atoms with Gasteiger partial charge in [-0.2, -0.15) is 0 Å². The van der Waals surface area contributed by atoms with Gasteiger partial charge in [0.25, 0.3) is 17.5 Å². The molecule has 4 rings (SSSR count). The summed E-state index contributed by atoms with van der Waals surface area (Å²) in [6.45, 7) is 1.40. The molecule has 2 amide bonds. The number of hydrogen-bond donors (Lipinski definition) is 2. The van der Waals surface area contributed by atoms with E-state index >= 15 is 0 Å². The summed E-state index contributed by atoms with van der Waals surface area (Å²) in [5.41, 5.74) is 0.308. The summed E-state index contributed by atoms with van der Waals surface area (Å²) in [7, 11) is 0. The molecule has 35 heavy (non-hydrogen) atoms. The SMILES string of the molecule is C[C@@](F)(C(=O)O)C(=O)NC1C(=O)N(CCOCc2ccccc2)c2ccccc2-c2ccccc21.